The molecule has 156 valence electrons. The normalized spacial score (nSPS) is 16.2. The van der Waals surface area contributed by atoms with Crippen LogP contribution in [0.15, 0.2) is 59.5 Å². The molecular weight excluding hydrogens is 384 g/mol. The summed E-state index contributed by atoms with van der Waals surface area (Å²) < 4.78 is 28.0. The number of aryl methyl sites for hydroxylation is 1. The maximum atomic E-state index is 12.7. The highest BCUT2D eigenvalue weighted by Gasteiger charge is 2.19. The number of hydrogen-bond acceptors (Lipinski definition) is 3. The van der Waals surface area contributed by atoms with E-state index in [9.17, 15) is 13.2 Å². The van der Waals surface area contributed by atoms with Gasteiger partial charge in [0, 0.05) is 25.6 Å². The molecule has 1 amide bonds. The van der Waals surface area contributed by atoms with Crippen LogP contribution in [-0.2, 0) is 21.2 Å². The fraction of sp³-hybridized carbons (Fsp3) is 0.435. The Morgan fingerprint density at radius 1 is 0.966 bits per heavy atom. The summed E-state index contributed by atoms with van der Waals surface area (Å²) in [7, 11) is -3.60. The molecule has 1 N–H and O–H groups in total. The summed E-state index contributed by atoms with van der Waals surface area (Å²) in [5, 5.41) is 0. The molecule has 0 saturated carbocycles. The van der Waals surface area contributed by atoms with Gasteiger partial charge in [0.1, 0.15) is 0 Å². The summed E-state index contributed by atoms with van der Waals surface area (Å²) >= 11 is 0. The van der Waals surface area contributed by atoms with E-state index < -0.39 is 10.0 Å². The zero-order chi connectivity index (χ0) is 20.7. The van der Waals surface area contributed by atoms with Crippen LogP contribution in [-0.4, -0.2) is 32.3 Å². The Kier molecular flexibility index (Phi) is 7.45. The first-order chi connectivity index (χ1) is 14.0. The van der Waals surface area contributed by atoms with Crippen LogP contribution in [0.2, 0.25) is 0 Å². The molecule has 29 heavy (non-hydrogen) atoms. The Labute approximate surface area is 174 Å². The molecule has 1 atom stereocenters. The minimum absolute atomic E-state index is 0.196. The second-order valence-electron chi connectivity index (χ2n) is 7.69. The molecule has 0 spiro atoms. The molecule has 5 nitrogen and oxygen atoms in total. The maximum Gasteiger partial charge on any atom is 0.241 e. The quantitative estimate of drug-likeness (QED) is 0.743. The molecule has 6 heteroatoms. The Balaban J connectivity index is 1.56. The van der Waals surface area contributed by atoms with E-state index in [-0.39, 0.29) is 16.8 Å². The lowest BCUT2D eigenvalue weighted by Gasteiger charge is -2.20. The van der Waals surface area contributed by atoms with Crippen molar-refractivity contribution >= 4 is 15.9 Å². The van der Waals surface area contributed by atoms with Crippen molar-refractivity contribution in [3.8, 4) is 0 Å². The zero-order valence-corrected chi connectivity index (χ0v) is 17.8. The lowest BCUT2D eigenvalue weighted by molar-refractivity contribution is -0.131. The van der Waals surface area contributed by atoms with Crippen LogP contribution < -0.4 is 4.72 Å². The van der Waals surface area contributed by atoms with E-state index in [1.165, 1.54) is 12.8 Å². The molecule has 1 saturated heterocycles. The van der Waals surface area contributed by atoms with Gasteiger partial charge >= 0.3 is 0 Å². The van der Waals surface area contributed by atoms with Crippen LogP contribution in [0.3, 0.4) is 0 Å². The van der Waals surface area contributed by atoms with Crippen molar-refractivity contribution < 1.29 is 13.2 Å². The number of benzene rings is 2. The minimum atomic E-state index is -3.60. The van der Waals surface area contributed by atoms with E-state index in [4.69, 9.17) is 0 Å². The molecule has 0 aliphatic carbocycles. The standard InChI is InChI=1S/C23H30N2O3S/c1-19(21-9-5-4-6-10-21)24-29(27,28)22-14-11-20(12-15-22)13-16-23(26)25-17-7-2-3-8-18-25/h4-6,9-12,14-15,19,24H,2-3,7-8,13,16-18H2,1H3/t19-/m0/s1. The van der Waals surface area contributed by atoms with Gasteiger partial charge in [-0.05, 0) is 49.4 Å². The monoisotopic (exact) mass is 414 g/mol. The maximum absolute atomic E-state index is 12.7. The van der Waals surface area contributed by atoms with Crippen LogP contribution in [0, 0.1) is 0 Å². The van der Waals surface area contributed by atoms with Crippen molar-refractivity contribution in [3.05, 3.63) is 65.7 Å². The fourth-order valence-corrected chi connectivity index (χ4v) is 4.91. The molecule has 0 unspecified atom stereocenters. The lowest BCUT2D eigenvalue weighted by atomic mass is 10.1. The van der Waals surface area contributed by atoms with Gasteiger partial charge in [0.05, 0.1) is 4.90 Å². The van der Waals surface area contributed by atoms with Gasteiger partial charge in [-0.25, -0.2) is 13.1 Å². The highest BCUT2D eigenvalue weighted by Crippen LogP contribution is 2.18. The van der Waals surface area contributed by atoms with E-state index in [1.807, 2.05) is 42.2 Å². The number of nitrogens with one attached hydrogen (secondary N) is 1. The zero-order valence-electron chi connectivity index (χ0n) is 17.0. The highest BCUT2D eigenvalue weighted by molar-refractivity contribution is 7.89. The van der Waals surface area contributed by atoms with Gasteiger partial charge < -0.3 is 4.90 Å². The molecule has 0 aromatic heterocycles. The van der Waals surface area contributed by atoms with Crippen LogP contribution >= 0.6 is 0 Å². The Hall–Kier alpha value is -2.18. The summed E-state index contributed by atoms with van der Waals surface area (Å²) in [6.45, 7) is 3.55. The largest absolute Gasteiger partial charge is 0.343 e. The van der Waals surface area contributed by atoms with E-state index in [0.717, 1.165) is 37.1 Å². The Morgan fingerprint density at radius 2 is 1.59 bits per heavy atom. The van der Waals surface area contributed by atoms with E-state index in [1.54, 1.807) is 24.3 Å². The highest BCUT2D eigenvalue weighted by atomic mass is 32.2. The Morgan fingerprint density at radius 3 is 2.21 bits per heavy atom. The van der Waals surface area contributed by atoms with Gasteiger partial charge in [-0.1, -0.05) is 55.3 Å². The third kappa shape index (κ3) is 6.15. The molecule has 1 fully saturated rings. The molecule has 1 aliphatic heterocycles. The number of nitrogens with zero attached hydrogens (tertiary/aromatic N) is 1. The summed E-state index contributed by atoms with van der Waals surface area (Å²) in [6, 6.07) is 16.0. The third-order valence-corrected chi connectivity index (χ3v) is 7.01. The number of sulfonamides is 1. The summed E-state index contributed by atoms with van der Waals surface area (Å²) in [5.74, 6) is 0.196. The molecule has 0 bridgehead atoms. The predicted octanol–water partition coefficient (Wildman–Crippen LogP) is 4.06. The number of carbonyl (C=O) groups excluding carboxylic acids is 1. The smallest absolute Gasteiger partial charge is 0.241 e. The van der Waals surface area contributed by atoms with E-state index in [0.29, 0.717) is 12.8 Å². The summed E-state index contributed by atoms with van der Waals surface area (Å²) in [6.07, 6.45) is 5.69. The van der Waals surface area contributed by atoms with Crippen molar-refractivity contribution in [2.24, 2.45) is 0 Å². The van der Waals surface area contributed by atoms with Gasteiger partial charge in [-0.3, -0.25) is 4.79 Å². The summed E-state index contributed by atoms with van der Waals surface area (Å²) in [5.41, 5.74) is 1.89. The first-order valence-corrected chi connectivity index (χ1v) is 11.9. The SMILES string of the molecule is C[C@H](NS(=O)(=O)c1ccc(CCC(=O)N2CCCCCC2)cc1)c1ccccc1. The van der Waals surface area contributed by atoms with E-state index in [2.05, 4.69) is 4.72 Å². The molecule has 1 heterocycles. The molecule has 2 aromatic rings. The van der Waals surface area contributed by atoms with E-state index >= 15 is 0 Å². The van der Waals surface area contributed by atoms with Gasteiger partial charge in [0.15, 0.2) is 0 Å². The molecule has 3 rings (SSSR count). The predicted molar refractivity (Wildman–Crippen MR) is 115 cm³/mol. The summed E-state index contributed by atoms with van der Waals surface area (Å²) in [4.78, 5) is 14.6. The molecule has 2 aromatic carbocycles. The van der Waals surface area contributed by atoms with Crippen LogP contribution in [0.4, 0.5) is 0 Å². The first-order valence-electron chi connectivity index (χ1n) is 10.4. The molecular formula is C23H30N2O3S. The van der Waals surface area contributed by atoms with Crippen molar-refractivity contribution in [1.29, 1.82) is 0 Å². The van der Waals surface area contributed by atoms with Crippen LogP contribution in [0.25, 0.3) is 0 Å². The van der Waals surface area contributed by atoms with Gasteiger partial charge in [0.2, 0.25) is 15.9 Å². The average molecular weight is 415 g/mol. The van der Waals surface area contributed by atoms with Gasteiger partial charge in [-0.15, -0.1) is 0 Å². The van der Waals surface area contributed by atoms with Gasteiger partial charge in [0.25, 0.3) is 0 Å². The van der Waals surface area contributed by atoms with Crippen molar-refractivity contribution in [2.75, 3.05) is 13.1 Å². The lowest BCUT2D eigenvalue weighted by Crippen LogP contribution is -2.31. The Bertz CT molecular complexity index is 887. The second-order valence-corrected chi connectivity index (χ2v) is 9.41. The number of hydrogen-bond donors (Lipinski definition) is 1. The number of rotatable bonds is 7. The number of amides is 1. The van der Waals surface area contributed by atoms with Gasteiger partial charge in [-0.2, -0.15) is 0 Å². The number of likely N-dealkylation sites (tertiary alicyclic amines) is 1. The van der Waals surface area contributed by atoms with Crippen LogP contribution in [0.1, 0.15) is 56.2 Å². The molecule has 1 aliphatic rings. The first kappa shape index (κ1) is 21.5. The second kappa shape index (κ2) is 10.0. The van der Waals surface area contributed by atoms with Crippen molar-refractivity contribution in [1.82, 2.24) is 9.62 Å². The average Bonchev–Trinajstić information content (AvgIpc) is 3.02. The fourth-order valence-electron chi connectivity index (χ4n) is 3.68. The molecule has 0 radical (unpaired) electrons. The van der Waals surface area contributed by atoms with Crippen molar-refractivity contribution in [2.45, 2.75) is 56.4 Å². The topological polar surface area (TPSA) is 66.5 Å². The van der Waals surface area contributed by atoms with Crippen molar-refractivity contribution in [3.63, 3.8) is 0 Å². The third-order valence-electron chi connectivity index (χ3n) is 5.45. The van der Waals surface area contributed by atoms with Crippen LogP contribution in [0.5, 0.6) is 0 Å². The minimum Gasteiger partial charge on any atom is -0.343 e. The number of carbonyl (C=O) groups is 1.